The van der Waals surface area contributed by atoms with E-state index in [-0.39, 0.29) is 17.4 Å². The topological polar surface area (TPSA) is 49.8 Å². The summed E-state index contributed by atoms with van der Waals surface area (Å²) in [6, 6.07) is 0.548. The molecule has 1 rings (SSSR count). The first kappa shape index (κ1) is 11.9. The lowest BCUT2D eigenvalue weighted by atomic mass is 10.3. The Morgan fingerprint density at radius 2 is 2.36 bits per heavy atom. The number of halogens is 1. The van der Waals surface area contributed by atoms with Gasteiger partial charge in [-0.15, -0.1) is 0 Å². The second-order valence-electron chi connectivity index (χ2n) is 3.44. The zero-order valence-corrected chi connectivity index (χ0v) is 9.87. The number of hydrogen-bond donors (Lipinski definition) is 1. The van der Waals surface area contributed by atoms with Gasteiger partial charge < -0.3 is 9.84 Å². The van der Waals surface area contributed by atoms with Crippen molar-refractivity contribution in [2.75, 3.05) is 26.8 Å². The Morgan fingerprint density at radius 3 is 2.79 bits per heavy atom. The molecule has 0 aromatic heterocycles. The zero-order valence-electron chi connectivity index (χ0n) is 8.28. The molecular weight excluding hydrogens is 250 g/mol. The Morgan fingerprint density at radius 1 is 1.71 bits per heavy atom. The Labute approximate surface area is 92.3 Å². The van der Waals surface area contributed by atoms with Gasteiger partial charge in [0, 0.05) is 19.1 Å². The van der Waals surface area contributed by atoms with Crippen LogP contribution in [0.1, 0.15) is 12.8 Å². The van der Waals surface area contributed by atoms with E-state index in [2.05, 4.69) is 25.6 Å². The lowest BCUT2D eigenvalue weighted by molar-refractivity contribution is -0.140. The number of carbonyl (C=O) groups excluding carboxylic acids is 1. The average molecular weight is 266 g/mol. The zero-order chi connectivity index (χ0) is 10.6. The number of ether oxygens (including phenoxy) is 1. The van der Waals surface area contributed by atoms with Gasteiger partial charge in [-0.1, -0.05) is 15.9 Å². The standard InChI is InChI=1S/C9H16BrNO3/c1-14-9(13)8(10)6-11(4-5-12)7-2-3-7/h7-8,12H,2-6H2,1H3. The third-order valence-electron chi connectivity index (χ3n) is 2.30. The molecule has 1 fully saturated rings. The minimum Gasteiger partial charge on any atom is -0.468 e. The number of aliphatic hydroxyl groups is 1. The van der Waals surface area contributed by atoms with Crippen LogP contribution in [0.5, 0.6) is 0 Å². The van der Waals surface area contributed by atoms with Crippen molar-refractivity contribution in [3.63, 3.8) is 0 Å². The van der Waals surface area contributed by atoms with Crippen LogP contribution in [0.3, 0.4) is 0 Å². The van der Waals surface area contributed by atoms with Crippen LogP contribution < -0.4 is 0 Å². The van der Waals surface area contributed by atoms with E-state index in [1.165, 1.54) is 20.0 Å². The molecule has 4 nitrogen and oxygen atoms in total. The summed E-state index contributed by atoms with van der Waals surface area (Å²) in [7, 11) is 1.38. The van der Waals surface area contributed by atoms with Gasteiger partial charge in [0.2, 0.25) is 0 Å². The van der Waals surface area contributed by atoms with Crippen molar-refractivity contribution in [3.05, 3.63) is 0 Å². The van der Waals surface area contributed by atoms with Crippen LogP contribution >= 0.6 is 15.9 Å². The molecular formula is C9H16BrNO3. The Bertz CT molecular complexity index is 196. The molecule has 0 bridgehead atoms. The molecule has 1 atom stereocenters. The monoisotopic (exact) mass is 265 g/mol. The summed E-state index contributed by atoms with van der Waals surface area (Å²) in [6.45, 7) is 1.37. The Hall–Kier alpha value is -0.130. The van der Waals surface area contributed by atoms with Crippen molar-refractivity contribution in [3.8, 4) is 0 Å². The minimum absolute atomic E-state index is 0.136. The third-order valence-corrected chi connectivity index (χ3v) is 2.97. The number of nitrogens with zero attached hydrogens (tertiary/aromatic N) is 1. The highest BCUT2D eigenvalue weighted by molar-refractivity contribution is 9.10. The predicted octanol–water partition coefficient (Wildman–Crippen LogP) is 0.380. The van der Waals surface area contributed by atoms with Gasteiger partial charge in [-0.2, -0.15) is 0 Å². The van der Waals surface area contributed by atoms with Crippen LogP contribution in [0.25, 0.3) is 0 Å². The van der Waals surface area contributed by atoms with E-state index in [0.717, 1.165) is 0 Å². The summed E-state index contributed by atoms with van der Waals surface area (Å²) >= 11 is 3.27. The average Bonchev–Trinajstić information content (AvgIpc) is 2.99. The van der Waals surface area contributed by atoms with Crippen LogP contribution in [-0.4, -0.2) is 53.7 Å². The summed E-state index contributed by atoms with van der Waals surface area (Å²) in [5.41, 5.74) is 0. The molecule has 82 valence electrons. The number of rotatable bonds is 6. The van der Waals surface area contributed by atoms with E-state index in [4.69, 9.17) is 5.11 Å². The van der Waals surface area contributed by atoms with E-state index in [1.54, 1.807) is 0 Å². The first-order valence-electron chi connectivity index (χ1n) is 4.76. The van der Waals surface area contributed by atoms with Crippen LogP contribution in [0.2, 0.25) is 0 Å². The number of carbonyl (C=O) groups is 1. The third kappa shape index (κ3) is 3.55. The molecule has 0 amide bonds. The molecule has 1 unspecified atom stereocenters. The van der Waals surface area contributed by atoms with Crippen molar-refractivity contribution in [2.45, 2.75) is 23.7 Å². The van der Waals surface area contributed by atoms with Crippen LogP contribution in [-0.2, 0) is 9.53 Å². The Balaban J connectivity index is 2.33. The summed E-state index contributed by atoms with van der Waals surface area (Å²) < 4.78 is 4.62. The number of aliphatic hydroxyl groups excluding tert-OH is 1. The van der Waals surface area contributed by atoms with Gasteiger partial charge >= 0.3 is 5.97 Å². The summed E-state index contributed by atoms with van der Waals surface area (Å²) in [4.78, 5) is 13.0. The molecule has 0 aliphatic heterocycles. The highest BCUT2D eigenvalue weighted by atomic mass is 79.9. The number of alkyl halides is 1. The van der Waals surface area contributed by atoms with Gasteiger partial charge in [-0.05, 0) is 12.8 Å². The summed E-state index contributed by atoms with van der Waals surface area (Å²) in [6.07, 6.45) is 2.34. The molecule has 1 aliphatic rings. The SMILES string of the molecule is COC(=O)C(Br)CN(CCO)C1CC1. The molecule has 0 radical (unpaired) electrons. The molecule has 1 aliphatic carbocycles. The lowest BCUT2D eigenvalue weighted by Gasteiger charge is -2.22. The fourth-order valence-electron chi connectivity index (χ4n) is 1.40. The van der Waals surface area contributed by atoms with Crippen LogP contribution in [0.4, 0.5) is 0 Å². The molecule has 0 aromatic carbocycles. The maximum atomic E-state index is 11.1. The van der Waals surface area contributed by atoms with E-state index in [0.29, 0.717) is 19.1 Å². The minimum atomic E-state index is -0.292. The fourth-order valence-corrected chi connectivity index (χ4v) is 1.96. The number of esters is 1. The van der Waals surface area contributed by atoms with Gasteiger partial charge in [-0.3, -0.25) is 9.69 Å². The van der Waals surface area contributed by atoms with E-state index in [1.807, 2.05) is 0 Å². The van der Waals surface area contributed by atoms with Gasteiger partial charge in [0.15, 0.2) is 0 Å². The van der Waals surface area contributed by atoms with Crippen molar-refractivity contribution >= 4 is 21.9 Å². The molecule has 1 saturated carbocycles. The molecule has 0 aromatic rings. The first-order chi connectivity index (χ1) is 6.69. The maximum Gasteiger partial charge on any atom is 0.320 e. The molecule has 1 N–H and O–H groups in total. The summed E-state index contributed by atoms with van der Waals surface area (Å²) in [5, 5.41) is 8.85. The molecule has 0 heterocycles. The van der Waals surface area contributed by atoms with Crippen molar-refractivity contribution in [1.82, 2.24) is 4.90 Å². The first-order valence-corrected chi connectivity index (χ1v) is 5.67. The highest BCUT2D eigenvalue weighted by Crippen LogP contribution is 2.27. The van der Waals surface area contributed by atoms with Gasteiger partial charge in [-0.25, -0.2) is 0 Å². The molecule has 0 spiro atoms. The van der Waals surface area contributed by atoms with Crippen molar-refractivity contribution in [1.29, 1.82) is 0 Å². The lowest BCUT2D eigenvalue weighted by Crippen LogP contribution is -2.37. The van der Waals surface area contributed by atoms with E-state index in [9.17, 15) is 4.79 Å². The number of methoxy groups -OCH3 is 1. The van der Waals surface area contributed by atoms with Gasteiger partial charge in [0.1, 0.15) is 4.83 Å². The second-order valence-corrected chi connectivity index (χ2v) is 4.55. The quantitative estimate of drug-likeness (QED) is 0.558. The summed E-state index contributed by atoms with van der Waals surface area (Å²) in [5.74, 6) is -0.256. The van der Waals surface area contributed by atoms with Crippen molar-refractivity contribution < 1.29 is 14.6 Å². The maximum absolute atomic E-state index is 11.1. The molecule has 5 heteroatoms. The molecule has 0 saturated heterocycles. The van der Waals surface area contributed by atoms with Crippen molar-refractivity contribution in [2.24, 2.45) is 0 Å². The van der Waals surface area contributed by atoms with E-state index >= 15 is 0 Å². The predicted molar refractivity (Wildman–Crippen MR) is 56.4 cm³/mol. The van der Waals surface area contributed by atoms with Crippen LogP contribution in [0, 0.1) is 0 Å². The highest BCUT2D eigenvalue weighted by Gasteiger charge is 2.31. The van der Waals surface area contributed by atoms with E-state index < -0.39 is 0 Å². The second kappa shape index (κ2) is 5.68. The Kier molecular flexibility index (Phi) is 4.84. The normalized spacial score (nSPS) is 18.3. The number of hydrogen-bond acceptors (Lipinski definition) is 4. The molecule has 14 heavy (non-hydrogen) atoms. The fraction of sp³-hybridized carbons (Fsp3) is 0.889. The van der Waals surface area contributed by atoms with Crippen LogP contribution in [0.15, 0.2) is 0 Å². The van der Waals surface area contributed by atoms with Gasteiger partial charge in [0.05, 0.1) is 13.7 Å². The van der Waals surface area contributed by atoms with Gasteiger partial charge in [0.25, 0.3) is 0 Å². The smallest absolute Gasteiger partial charge is 0.320 e. The largest absolute Gasteiger partial charge is 0.468 e.